The molecule has 0 aliphatic rings. The van der Waals surface area contributed by atoms with Crippen LogP contribution in [0, 0.1) is 27.3 Å². The number of hydrogen-bond donors (Lipinski definition) is 0. The van der Waals surface area contributed by atoms with E-state index in [2.05, 4.69) is 0 Å². The molecule has 0 N–H and O–H groups in total. The first-order valence-corrected chi connectivity index (χ1v) is 5.22. The van der Waals surface area contributed by atoms with E-state index in [1.165, 1.54) is 42.5 Å². The summed E-state index contributed by atoms with van der Waals surface area (Å²) in [5.74, 6) is 0.252. The van der Waals surface area contributed by atoms with Crippen molar-refractivity contribution in [3.05, 3.63) is 64.0 Å². The van der Waals surface area contributed by atoms with Gasteiger partial charge in [-0.25, -0.2) is 4.39 Å². The summed E-state index contributed by atoms with van der Waals surface area (Å²) in [7, 11) is 0. The fraction of sp³-hybridized carbons (Fsp3) is 0. The highest BCUT2D eigenvalue weighted by Crippen LogP contribution is 2.27. The number of hydrogen-bond acceptors (Lipinski definition) is 4. The van der Waals surface area contributed by atoms with Crippen LogP contribution in [0.25, 0.3) is 0 Å². The van der Waals surface area contributed by atoms with Gasteiger partial charge in [0.25, 0.3) is 5.69 Å². The molecule has 0 amide bonds. The molecule has 2 aromatic rings. The van der Waals surface area contributed by atoms with E-state index in [1.807, 2.05) is 0 Å². The first-order valence-electron chi connectivity index (χ1n) is 5.22. The van der Waals surface area contributed by atoms with Crippen molar-refractivity contribution in [1.82, 2.24) is 0 Å². The van der Waals surface area contributed by atoms with Crippen molar-refractivity contribution in [1.29, 1.82) is 5.26 Å². The first kappa shape index (κ1) is 12.5. The normalized spacial score (nSPS) is 9.68. The maximum atomic E-state index is 12.7. The summed E-state index contributed by atoms with van der Waals surface area (Å²) in [6.45, 7) is 0. The van der Waals surface area contributed by atoms with E-state index >= 15 is 0 Å². The van der Waals surface area contributed by atoms with Crippen molar-refractivity contribution < 1.29 is 14.1 Å². The quantitative estimate of drug-likeness (QED) is 0.624. The Morgan fingerprint density at radius 3 is 2.37 bits per heavy atom. The molecule has 0 heterocycles. The maximum absolute atomic E-state index is 12.7. The van der Waals surface area contributed by atoms with Crippen LogP contribution in [-0.2, 0) is 0 Å². The summed E-state index contributed by atoms with van der Waals surface area (Å²) in [6.07, 6.45) is 0. The SMILES string of the molecule is N#Cc1cc(Oc2ccc(F)cc2)ccc1[N+](=O)[O-]. The van der Waals surface area contributed by atoms with Crippen molar-refractivity contribution in [2.24, 2.45) is 0 Å². The fourth-order valence-electron chi connectivity index (χ4n) is 1.47. The minimum absolute atomic E-state index is 0.0930. The lowest BCUT2D eigenvalue weighted by molar-refractivity contribution is -0.385. The molecule has 6 heteroatoms. The number of nitriles is 1. The van der Waals surface area contributed by atoms with Gasteiger partial charge in [0, 0.05) is 12.1 Å². The standard InChI is InChI=1S/C13H7FN2O3/c14-10-1-3-11(4-2-10)19-12-5-6-13(16(17)18)9(7-12)8-15/h1-7H. The molecule has 5 nitrogen and oxygen atoms in total. The molecule has 0 bridgehead atoms. The molecule has 0 atom stereocenters. The second-order valence-electron chi connectivity index (χ2n) is 3.60. The Hall–Kier alpha value is -2.94. The Labute approximate surface area is 107 Å². The molecule has 2 rings (SSSR count). The van der Waals surface area contributed by atoms with Gasteiger partial charge in [-0.2, -0.15) is 5.26 Å². The second kappa shape index (κ2) is 5.14. The van der Waals surface area contributed by atoms with E-state index < -0.39 is 10.7 Å². The lowest BCUT2D eigenvalue weighted by atomic mass is 10.2. The molecule has 0 aliphatic carbocycles. The highest BCUT2D eigenvalue weighted by Gasteiger charge is 2.14. The summed E-state index contributed by atoms with van der Waals surface area (Å²) in [6, 6.07) is 10.9. The third kappa shape index (κ3) is 2.84. The molecular formula is C13H7FN2O3. The van der Waals surface area contributed by atoms with E-state index in [9.17, 15) is 14.5 Å². The van der Waals surface area contributed by atoms with Gasteiger partial charge in [-0.15, -0.1) is 0 Å². The van der Waals surface area contributed by atoms with E-state index in [-0.39, 0.29) is 17.0 Å². The van der Waals surface area contributed by atoms with Crippen LogP contribution in [0.5, 0.6) is 11.5 Å². The lowest BCUT2D eigenvalue weighted by Gasteiger charge is -2.05. The number of nitrogens with zero attached hydrogens (tertiary/aromatic N) is 2. The van der Waals surface area contributed by atoms with Gasteiger partial charge >= 0.3 is 0 Å². The van der Waals surface area contributed by atoms with E-state index in [0.717, 1.165) is 0 Å². The third-order valence-corrected chi connectivity index (χ3v) is 2.33. The summed E-state index contributed by atoms with van der Waals surface area (Å²) in [4.78, 5) is 10.0. The van der Waals surface area contributed by atoms with Crippen LogP contribution in [0.15, 0.2) is 42.5 Å². The Bertz CT molecular complexity index is 663. The van der Waals surface area contributed by atoms with Gasteiger partial charge in [0.05, 0.1) is 4.92 Å². The van der Waals surface area contributed by atoms with Crippen LogP contribution >= 0.6 is 0 Å². The van der Waals surface area contributed by atoms with Crippen LogP contribution in [0.2, 0.25) is 0 Å². The van der Waals surface area contributed by atoms with Crippen molar-refractivity contribution >= 4 is 5.69 Å². The summed E-state index contributed by atoms with van der Waals surface area (Å²) >= 11 is 0. The van der Waals surface area contributed by atoms with Gasteiger partial charge in [0.15, 0.2) is 0 Å². The highest BCUT2D eigenvalue weighted by atomic mass is 19.1. The molecule has 0 aromatic heterocycles. The van der Waals surface area contributed by atoms with Crippen LogP contribution in [0.1, 0.15) is 5.56 Å². The van der Waals surface area contributed by atoms with Gasteiger partial charge in [-0.1, -0.05) is 0 Å². The maximum Gasteiger partial charge on any atom is 0.287 e. The molecule has 0 saturated carbocycles. The number of nitro groups is 1. The Morgan fingerprint density at radius 2 is 1.79 bits per heavy atom. The van der Waals surface area contributed by atoms with Crippen molar-refractivity contribution in [3.8, 4) is 17.6 Å². The molecule has 94 valence electrons. The first-order chi connectivity index (χ1) is 9.10. The lowest BCUT2D eigenvalue weighted by Crippen LogP contribution is -1.93. The monoisotopic (exact) mass is 258 g/mol. The minimum Gasteiger partial charge on any atom is -0.457 e. The second-order valence-corrected chi connectivity index (χ2v) is 3.60. The number of ether oxygens (including phenoxy) is 1. The molecule has 0 radical (unpaired) electrons. The Kier molecular flexibility index (Phi) is 3.39. The van der Waals surface area contributed by atoms with Crippen molar-refractivity contribution in [2.75, 3.05) is 0 Å². The third-order valence-electron chi connectivity index (χ3n) is 2.33. The summed E-state index contributed by atoms with van der Waals surface area (Å²) in [5, 5.41) is 19.5. The summed E-state index contributed by atoms with van der Waals surface area (Å²) in [5.41, 5.74) is -0.376. The van der Waals surface area contributed by atoms with Gasteiger partial charge in [0.1, 0.15) is 28.9 Å². The van der Waals surface area contributed by atoms with Crippen LogP contribution in [-0.4, -0.2) is 4.92 Å². The predicted molar refractivity (Wildman–Crippen MR) is 64.3 cm³/mol. The Balaban J connectivity index is 2.29. The van der Waals surface area contributed by atoms with Gasteiger partial charge < -0.3 is 4.74 Å². The van der Waals surface area contributed by atoms with Crippen LogP contribution in [0.3, 0.4) is 0 Å². The molecule has 0 unspecified atom stereocenters. The minimum atomic E-state index is -0.639. The van der Waals surface area contributed by atoms with Crippen LogP contribution in [0.4, 0.5) is 10.1 Å². The van der Waals surface area contributed by atoms with Gasteiger partial charge in [-0.3, -0.25) is 10.1 Å². The molecular weight excluding hydrogens is 251 g/mol. The largest absolute Gasteiger partial charge is 0.457 e. The van der Waals surface area contributed by atoms with E-state index in [4.69, 9.17) is 10.00 Å². The van der Waals surface area contributed by atoms with Gasteiger partial charge in [-0.05, 0) is 30.3 Å². The zero-order valence-electron chi connectivity index (χ0n) is 9.54. The highest BCUT2D eigenvalue weighted by molar-refractivity contribution is 5.52. The number of halogens is 1. The van der Waals surface area contributed by atoms with Crippen molar-refractivity contribution in [2.45, 2.75) is 0 Å². The molecule has 2 aromatic carbocycles. The zero-order valence-corrected chi connectivity index (χ0v) is 9.54. The average Bonchev–Trinajstić information content (AvgIpc) is 2.41. The zero-order chi connectivity index (χ0) is 13.8. The molecule has 0 spiro atoms. The molecule has 0 aliphatic heterocycles. The van der Waals surface area contributed by atoms with Gasteiger partial charge in [0.2, 0.25) is 0 Å². The van der Waals surface area contributed by atoms with E-state index in [0.29, 0.717) is 5.75 Å². The molecule has 19 heavy (non-hydrogen) atoms. The van der Waals surface area contributed by atoms with E-state index in [1.54, 1.807) is 6.07 Å². The number of nitro benzene ring substituents is 1. The molecule has 0 saturated heterocycles. The topological polar surface area (TPSA) is 76.2 Å². The fourth-order valence-corrected chi connectivity index (χ4v) is 1.47. The predicted octanol–water partition coefficient (Wildman–Crippen LogP) is 3.40. The summed E-state index contributed by atoms with van der Waals surface area (Å²) < 4.78 is 18.1. The van der Waals surface area contributed by atoms with Crippen LogP contribution < -0.4 is 4.74 Å². The smallest absolute Gasteiger partial charge is 0.287 e. The Morgan fingerprint density at radius 1 is 1.16 bits per heavy atom. The molecule has 0 fully saturated rings. The van der Waals surface area contributed by atoms with Crippen molar-refractivity contribution in [3.63, 3.8) is 0 Å². The average molecular weight is 258 g/mol. The number of rotatable bonds is 3. The number of benzene rings is 2.